The fourth-order valence-corrected chi connectivity index (χ4v) is 7.45. The number of hydrogen-bond acceptors (Lipinski definition) is 6. The van der Waals surface area contributed by atoms with Crippen molar-refractivity contribution < 1.29 is 28.6 Å². The average Bonchev–Trinajstić information content (AvgIpc) is 3.36. The molecule has 0 saturated carbocycles. The van der Waals surface area contributed by atoms with Gasteiger partial charge in [0.2, 0.25) is 0 Å². The molecule has 0 aliphatic carbocycles. The Hall–Kier alpha value is -4.19. The van der Waals surface area contributed by atoms with Crippen molar-refractivity contribution in [1.82, 2.24) is 0 Å². The van der Waals surface area contributed by atoms with Gasteiger partial charge in [0.15, 0.2) is 6.10 Å². The van der Waals surface area contributed by atoms with Crippen molar-refractivity contribution in [2.45, 2.75) is 252 Å². The lowest BCUT2D eigenvalue weighted by Gasteiger charge is -2.18. The fraction of sp³-hybridized carbons (Fsp3) is 0.641. The lowest BCUT2D eigenvalue weighted by atomic mass is 10.1. The second kappa shape index (κ2) is 57.4. The quantitative estimate of drug-likeness (QED) is 0.0262. The van der Waals surface area contributed by atoms with Gasteiger partial charge in [-0.05, 0) is 128 Å². The molecule has 0 spiro atoms. The normalized spacial score (nSPS) is 13.0. The summed E-state index contributed by atoms with van der Waals surface area (Å²) in [7, 11) is 0. The molecule has 0 heterocycles. The molecule has 0 radical (unpaired) electrons. The third-order valence-electron chi connectivity index (χ3n) is 11.7. The Balaban J connectivity index is 4.44. The first-order valence-corrected chi connectivity index (χ1v) is 28.5. The SMILES string of the molecule is CC/C=C\C/C=C\C/C=C\C/C=C\C/C=C\C/C=C\CCCCCCC(=O)OCC(COC(=O)CCCCCCC/C=C\CCCCC)OC(=O)CCCCCCCCC/C=C\C/C=C\C/C=C\CC. The van der Waals surface area contributed by atoms with E-state index in [0.29, 0.717) is 19.3 Å². The van der Waals surface area contributed by atoms with E-state index in [4.69, 9.17) is 14.2 Å². The molecule has 0 aromatic rings. The van der Waals surface area contributed by atoms with Gasteiger partial charge in [0, 0.05) is 19.3 Å². The Morgan fingerprint density at radius 3 is 0.886 bits per heavy atom. The van der Waals surface area contributed by atoms with Crippen molar-refractivity contribution in [2.24, 2.45) is 0 Å². The van der Waals surface area contributed by atoms with Gasteiger partial charge in [-0.15, -0.1) is 0 Å². The highest BCUT2D eigenvalue weighted by Crippen LogP contribution is 2.14. The highest BCUT2D eigenvalue weighted by atomic mass is 16.6. The number of unbranched alkanes of at least 4 members (excludes halogenated alkanes) is 19. The van der Waals surface area contributed by atoms with E-state index in [2.05, 4.69) is 142 Å². The standard InChI is InChI=1S/C64H104O6/c1-4-7-10-13-16-19-22-25-27-29-30-31-32-33-34-36-37-39-42-45-48-51-54-57-63(66)69-60-61(59-68-62(65)56-53-50-47-44-41-24-21-18-15-12-9-6-3)70-64(67)58-55-52-49-46-43-40-38-35-28-26-23-20-17-14-11-8-5-2/h7-8,10-11,16-21,25-28,30-31,33-34,37,39,61H,4-6,9,12-15,22-24,29,32,35-36,38,40-60H2,1-3H3/b10-7-,11-8-,19-16-,20-17-,21-18-,27-25-,28-26-,31-30-,34-33-,39-37-. The van der Waals surface area contributed by atoms with E-state index in [9.17, 15) is 14.4 Å². The fourth-order valence-electron chi connectivity index (χ4n) is 7.45. The first-order chi connectivity index (χ1) is 34.5. The van der Waals surface area contributed by atoms with Gasteiger partial charge in [-0.2, -0.15) is 0 Å². The van der Waals surface area contributed by atoms with Crippen LogP contribution in [0, 0.1) is 0 Å². The van der Waals surface area contributed by atoms with Gasteiger partial charge in [0.1, 0.15) is 13.2 Å². The van der Waals surface area contributed by atoms with Crippen molar-refractivity contribution in [1.29, 1.82) is 0 Å². The van der Waals surface area contributed by atoms with Crippen LogP contribution in [0.5, 0.6) is 0 Å². The van der Waals surface area contributed by atoms with Crippen LogP contribution in [0.1, 0.15) is 245 Å². The molecule has 0 aromatic carbocycles. The predicted octanol–water partition coefficient (Wildman–Crippen LogP) is 19.3. The van der Waals surface area contributed by atoms with E-state index in [1.54, 1.807) is 0 Å². The molecule has 70 heavy (non-hydrogen) atoms. The minimum absolute atomic E-state index is 0.0976. The van der Waals surface area contributed by atoms with Crippen molar-refractivity contribution in [2.75, 3.05) is 13.2 Å². The summed E-state index contributed by atoms with van der Waals surface area (Å²) in [5.74, 6) is -0.944. The van der Waals surface area contributed by atoms with E-state index in [1.807, 2.05) is 0 Å². The van der Waals surface area contributed by atoms with E-state index in [0.717, 1.165) is 148 Å². The maximum absolute atomic E-state index is 12.8. The molecule has 6 heteroatoms. The van der Waals surface area contributed by atoms with Crippen molar-refractivity contribution in [3.63, 3.8) is 0 Å². The lowest BCUT2D eigenvalue weighted by Crippen LogP contribution is -2.30. The molecular formula is C64H104O6. The molecule has 396 valence electrons. The number of ether oxygens (including phenoxy) is 3. The van der Waals surface area contributed by atoms with Crippen LogP contribution in [0.4, 0.5) is 0 Å². The molecule has 0 aliphatic rings. The van der Waals surface area contributed by atoms with E-state index >= 15 is 0 Å². The molecule has 0 saturated heterocycles. The number of allylic oxidation sites excluding steroid dienone is 20. The van der Waals surface area contributed by atoms with Crippen LogP contribution >= 0.6 is 0 Å². The number of rotatable bonds is 50. The number of esters is 3. The van der Waals surface area contributed by atoms with Crippen molar-refractivity contribution in [3.8, 4) is 0 Å². The largest absolute Gasteiger partial charge is 0.462 e. The van der Waals surface area contributed by atoms with Gasteiger partial charge in [0.25, 0.3) is 0 Å². The summed E-state index contributed by atoms with van der Waals surface area (Å²) in [6.07, 6.45) is 79.0. The Morgan fingerprint density at radius 1 is 0.300 bits per heavy atom. The van der Waals surface area contributed by atoms with Crippen LogP contribution in [0.2, 0.25) is 0 Å². The third kappa shape index (κ3) is 54.7. The minimum atomic E-state index is -0.801. The topological polar surface area (TPSA) is 78.9 Å². The molecular weight excluding hydrogens is 865 g/mol. The van der Waals surface area contributed by atoms with Crippen molar-refractivity contribution in [3.05, 3.63) is 122 Å². The predicted molar refractivity (Wildman–Crippen MR) is 302 cm³/mol. The Morgan fingerprint density at radius 2 is 0.557 bits per heavy atom. The first kappa shape index (κ1) is 65.8. The Labute approximate surface area is 431 Å². The van der Waals surface area contributed by atoms with E-state index in [-0.39, 0.29) is 31.1 Å². The minimum Gasteiger partial charge on any atom is -0.462 e. The zero-order valence-electron chi connectivity index (χ0n) is 45.2. The zero-order valence-corrected chi connectivity index (χ0v) is 45.2. The van der Waals surface area contributed by atoms with Gasteiger partial charge in [-0.25, -0.2) is 0 Å². The summed E-state index contributed by atoms with van der Waals surface area (Å²) in [4.78, 5) is 38.1. The second-order valence-electron chi connectivity index (χ2n) is 18.4. The molecule has 0 amide bonds. The monoisotopic (exact) mass is 969 g/mol. The molecule has 1 unspecified atom stereocenters. The van der Waals surface area contributed by atoms with Gasteiger partial charge in [-0.3, -0.25) is 14.4 Å². The van der Waals surface area contributed by atoms with Gasteiger partial charge in [-0.1, -0.05) is 219 Å². The molecule has 0 N–H and O–H groups in total. The molecule has 0 fully saturated rings. The second-order valence-corrected chi connectivity index (χ2v) is 18.4. The highest BCUT2D eigenvalue weighted by molar-refractivity contribution is 5.71. The Bertz CT molecular complexity index is 1490. The van der Waals surface area contributed by atoms with Crippen LogP contribution in [0.25, 0.3) is 0 Å². The molecule has 0 aliphatic heterocycles. The number of hydrogen-bond donors (Lipinski definition) is 0. The first-order valence-electron chi connectivity index (χ1n) is 28.5. The summed E-state index contributed by atoms with van der Waals surface area (Å²) in [5.41, 5.74) is 0. The molecule has 0 aromatic heterocycles. The zero-order chi connectivity index (χ0) is 50.7. The maximum Gasteiger partial charge on any atom is 0.306 e. The summed E-state index contributed by atoms with van der Waals surface area (Å²) >= 11 is 0. The maximum atomic E-state index is 12.8. The number of carbonyl (C=O) groups is 3. The molecule has 0 bridgehead atoms. The summed E-state index contributed by atoms with van der Waals surface area (Å²) < 4.78 is 16.8. The van der Waals surface area contributed by atoms with Crippen molar-refractivity contribution >= 4 is 17.9 Å². The third-order valence-corrected chi connectivity index (χ3v) is 11.7. The summed E-state index contributed by atoms with van der Waals surface area (Å²) in [5, 5.41) is 0. The number of carbonyl (C=O) groups excluding carboxylic acids is 3. The van der Waals surface area contributed by atoms with Crippen LogP contribution in [-0.2, 0) is 28.6 Å². The molecule has 6 nitrogen and oxygen atoms in total. The van der Waals surface area contributed by atoms with Crippen LogP contribution < -0.4 is 0 Å². The molecule has 1 atom stereocenters. The van der Waals surface area contributed by atoms with Crippen LogP contribution in [0.3, 0.4) is 0 Å². The average molecular weight is 970 g/mol. The lowest BCUT2D eigenvalue weighted by molar-refractivity contribution is -0.167. The van der Waals surface area contributed by atoms with E-state index in [1.165, 1.54) is 57.8 Å². The van der Waals surface area contributed by atoms with Crippen LogP contribution in [-0.4, -0.2) is 37.2 Å². The summed E-state index contributed by atoms with van der Waals surface area (Å²) in [6, 6.07) is 0. The van der Waals surface area contributed by atoms with Gasteiger partial charge < -0.3 is 14.2 Å². The van der Waals surface area contributed by atoms with Gasteiger partial charge >= 0.3 is 17.9 Å². The Kier molecular flexibility index (Phi) is 54.0. The van der Waals surface area contributed by atoms with E-state index < -0.39 is 6.10 Å². The van der Waals surface area contributed by atoms with Crippen LogP contribution in [0.15, 0.2) is 122 Å². The van der Waals surface area contributed by atoms with Gasteiger partial charge in [0.05, 0.1) is 0 Å². The molecule has 0 rings (SSSR count). The highest BCUT2D eigenvalue weighted by Gasteiger charge is 2.19. The smallest absolute Gasteiger partial charge is 0.306 e. The summed E-state index contributed by atoms with van der Waals surface area (Å²) in [6.45, 7) is 6.35.